The minimum Gasteiger partial charge on any atom is -0.497 e. The molecule has 0 spiro atoms. The molecule has 128 valence electrons. The first-order valence-electron chi connectivity index (χ1n) is 8.42. The summed E-state index contributed by atoms with van der Waals surface area (Å²) in [5, 5.41) is 2.40. The van der Waals surface area contributed by atoms with Crippen LogP contribution < -0.4 is 4.74 Å². The summed E-state index contributed by atoms with van der Waals surface area (Å²) in [6, 6.07) is 12.5. The number of fused-ring (bicyclic) bond motifs is 1. The highest BCUT2D eigenvalue weighted by Gasteiger charge is 2.31. The molecule has 1 unspecified atom stereocenters. The molecule has 1 aliphatic rings. The molecule has 1 saturated heterocycles. The predicted molar refractivity (Wildman–Crippen MR) is 95.7 cm³/mol. The van der Waals surface area contributed by atoms with Crippen molar-refractivity contribution < 1.29 is 14.3 Å². The monoisotopic (exact) mass is 327 g/mol. The number of rotatable bonds is 2. The van der Waals surface area contributed by atoms with Crippen molar-refractivity contribution in [3.8, 4) is 5.75 Å². The second-order valence-corrected chi connectivity index (χ2v) is 7.35. The standard InChI is InChI=1S/C20H25NO3/c1-20(2,3)24-19(22)21-10-9-15(13-21)18-12-16(23-4)11-14-7-5-6-8-17(14)18/h5-8,11-12,15H,9-10,13H2,1-4H3. The maximum absolute atomic E-state index is 12.3. The van der Waals surface area contributed by atoms with Crippen molar-refractivity contribution in [1.29, 1.82) is 0 Å². The van der Waals surface area contributed by atoms with Crippen molar-refractivity contribution >= 4 is 16.9 Å². The first-order valence-corrected chi connectivity index (χ1v) is 8.42. The maximum atomic E-state index is 12.3. The Labute approximate surface area is 143 Å². The highest BCUT2D eigenvalue weighted by Crippen LogP contribution is 2.35. The molecule has 2 aromatic carbocycles. The third-order valence-corrected chi connectivity index (χ3v) is 4.38. The first-order chi connectivity index (χ1) is 11.4. The van der Waals surface area contributed by atoms with Crippen LogP contribution in [0.25, 0.3) is 10.8 Å². The highest BCUT2D eigenvalue weighted by molar-refractivity contribution is 5.88. The van der Waals surface area contributed by atoms with E-state index in [1.165, 1.54) is 16.3 Å². The van der Waals surface area contributed by atoms with Crippen LogP contribution in [0.15, 0.2) is 36.4 Å². The van der Waals surface area contributed by atoms with Gasteiger partial charge in [-0.25, -0.2) is 4.79 Å². The molecule has 1 amide bonds. The Kier molecular flexibility index (Phi) is 4.39. The molecule has 0 radical (unpaired) electrons. The van der Waals surface area contributed by atoms with Crippen molar-refractivity contribution in [2.75, 3.05) is 20.2 Å². The molecule has 0 saturated carbocycles. The Balaban J connectivity index is 1.86. The zero-order valence-corrected chi connectivity index (χ0v) is 14.8. The number of amides is 1. The molecule has 2 aromatic rings. The zero-order chi connectivity index (χ0) is 17.3. The van der Waals surface area contributed by atoms with Crippen LogP contribution in [0, 0.1) is 0 Å². The molecule has 0 aromatic heterocycles. The van der Waals surface area contributed by atoms with Crippen molar-refractivity contribution in [2.24, 2.45) is 0 Å². The van der Waals surface area contributed by atoms with Gasteiger partial charge >= 0.3 is 6.09 Å². The topological polar surface area (TPSA) is 38.8 Å². The van der Waals surface area contributed by atoms with Gasteiger partial charge in [0.2, 0.25) is 0 Å². The Bertz CT molecular complexity index is 748. The van der Waals surface area contributed by atoms with E-state index in [0.717, 1.165) is 18.7 Å². The fourth-order valence-electron chi connectivity index (χ4n) is 3.27. The van der Waals surface area contributed by atoms with E-state index in [1.807, 2.05) is 31.7 Å². The van der Waals surface area contributed by atoms with E-state index in [1.54, 1.807) is 7.11 Å². The van der Waals surface area contributed by atoms with Gasteiger partial charge in [-0.05, 0) is 55.7 Å². The van der Waals surface area contributed by atoms with Gasteiger partial charge in [0.25, 0.3) is 0 Å². The van der Waals surface area contributed by atoms with E-state index >= 15 is 0 Å². The summed E-state index contributed by atoms with van der Waals surface area (Å²) >= 11 is 0. The van der Waals surface area contributed by atoms with E-state index in [-0.39, 0.29) is 6.09 Å². The van der Waals surface area contributed by atoms with Gasteiger partial charge in [0.05, 0.1) is 7.11 Å². The molecule has 1 fully saturated rings. The molecule has 0 aliphatic carbocycles. The fraction of sp³-hybridized carbons (Fsp3) is 0.450. The second kappa shape index (κ2) is 6.34. The number of hydrogen-bond donors (Lipinski definition) is 0. The van der Waals surface area contributed by atoms with E-state index < -0.39 is 5.60 Å². The molecule has 24 heavy (non-hydrogen) atoms. The molecule has 3 rings (SSSR count). The summed E-state index contributed by atoms with van der Waals surface area (Å²) in [7, 11) is 1.69. The summed E-state index contributed by atoms with van der Waals surface area (Å²) in [6.07, 6.45) is 0.716. The Morgan fingerprint density at radius 2 is 1.96 bits per heavy atom. The van der Waals surface area contributed by atoms with E-state index in [2.05, 4.69) is 30.3 Å². The summed E-state index contributed by atoms with van der Waals surface area (Å²) in [5.41, 5.74) is 0.786. The summed E-state index contributed by atoms with van der Waals surface area (Å²) < 4.78 is 11.0. The lowest BCUT2D eigenvalue weighted by molar-refractivity contribution is 0.0292. The van der Waals surface area contributed by atoms with Gasteiger partial charge in [-0.15, -0.1) is 0 Å². The van der Waals surface area contributed by atoms with Crippen LogP contribution >= 0.6 is 0 Å². The third-order valence-electron chi connectivity index (χ3n) is 4.38. The molecule has 0 N–H and O–H groups in total. The minimum absolute atomic E-state index is 0.225. The second-order valence-electron chi connectivity index (χ2n) is 7.35. The number of methoxy groups -OCH3 is 1. The first kappa shape index (κ1) is 16.6. The molecule has 0 bridgehead atoms. The summed E-state index contributed by atoms with van der Waals surface area (Å²) in [6.45, 7) is 7.10. The lowest BCUT2D eigenvalue weighted by atomic mass is 9.92. The van der Waals surface area contributed by atoms with Crippen LogP contribution in [0.3, 0.4) is 0 Å². The lowest BCUT2D eigenvalue weighted by Crippen LogP contribution is -2.35. The Hall–Kier alpha value is -2.23. The van der Waals surface area contributed by atoms with Crippen LogP contribution in [-0.2, 0) is 4.74 Å². The summed E-state index contributed by atoms with van der Waals surface area (Å²) in [5.74, 6) is 1.16. The smallest absolute Gasteiger partial charge is 0.410 e. The van der Waals surface area contributed by atoms with Gasteiger partial charge in [-0.1, -0.05) is 24.3 Å². The Morgan fingerprint density at radius 1 is 1.21 bits per heavy atom. The molecule has 4 heteroatoms. The van der Waals surface area contributed by atoms with Gasteiger partial charge < -0.3 is 14.4 Å². The van der Waals surface area contributed by atoms with Crippen molar-refractivity contribution in [3.63, 3.8) is 0 Å². The maximum Gasteiger partial charge on any atom is 0.410 e. The van der Waals surface area contributed by atoms with Gasteiger partial charge in [-0.2, -0.15) is 0 Å². The molecule has 4 nitrogen and oxygen atoms in total. The number of hydrogen-bond acceptors (Lipinski definition) is 3. The molecule has 1 heterocycles. The average Bonchev–Trinajstić information content (AvgIpc) is 3.02. The fourth-order valence-corrected chi connectivity index (χ4v) is 3.27. The van der Waals surface area contributed by atoms with E-state index in [9.17, 15) is 4.79 Å². The van der Waals surface area contributed by atoms with Crippen LogP contribution in [0.5, 0.6) is 5.75 Å². The SMILES string of the molecule is COc1cc(C2CCN(C(=O)OC(C)(C)C)C2)c2ccccc2c1. The third kappa shape index (κ3) is 3.48. The lowest BCUT2D eigenvalue weighted by Gasteiger charge is -2.24. The van der Waals surface area contributed by atoms with Crippen molar-refractivity contribution in [2.45, 2.75) is 38.7 Å². The van der Waals surface area contributed by atoms with Crippen LogP contribution in [0.2, 0.25) is 0 Å². The van der Waals surface area contributed by atoms with Crippen LogP contribution in [0.1, 0.15) is 38.7 Å². The highest BCUT2D eigenvalue weighted by atomic mass is 16.6. The zero-order valence-electron chi connectivity index (χ0n) is 14.8. The number of carbonyl (C=O) groups is 1. The van der Waals surface area contributed by atoms with Gasteiger partial charge in [0.15, 0.2) is 0 Å². The van der Waals surface area contributed by atoms with Gasteiger partial charge in [0, 0.05) is 19.0 Å². The van der Waals surface area contributed by atoms with Crippen LogP contribution in [-0.4, -0.2) is 36.8 Å². The number of ether oxygens (including phenoxy) is 2. The number of benzene rings is 2. The average molecular weight is 327 g/mol. The quantitative estimate of drug-likeness (QED) is 0.811. The van der Waals surface area contributed by atoms with Gasteiger partial charge in [-0.3, -0.25) is 0 Å². The number of carbonyl (C=O) groups excluding carboxylic acids is 1. The van der Waals surface area contributed by atoms with Crippen molar-refractivity contribution in [3.05, 3.63) is 42.0 Å². The largest absolute Gasteiger partial charge is 0.497 e. The number of likely N-dealkylation sites (tertiary alicyclic amines) is 1. The summed E-state index contributed by atoms with van der Waals surface area (Å²) in [4.78, 5) is 14.1. The van der Waals surface area contributed by atoms with Crippen molar-refractivity contribution in [1.82, 2.24) is 4.90 Å². The van der Waals surface area contributed by atoms with E-state index in [0.29, 0.717) is 12.5 Å². The Morgan fingerprint density at radius 3 is 2.67 bits per heavy atom. The molecule has 1 aliphatic heterocycles. The normalized spacial score (nSPS) is 18.0. The molecular weight excluding hydrogens is 302 g/mol. The van der Waals surface area contributed by atoms with Crippen LogP contribution in [0.4, 0.5) is 4.79 Å². The molecular formula is C20H25NO3. The predicted octanol–water partition coefficient (Wildman–Crippen LogP) is 4.57. The molecule has 1 atom stereocenters. The van der Waals surface area contributed by atoms with Gasteiger partial charge in [0.1, 0.15) is 11.4 Å². The minimum atomic E-state index is -0.460. The number of nitrogens with zero attached hydrogens (tertiary/aromatic N) is 1. The van der Waals surface area contributed by atoms with E-state index in [4.69, 9.17) is 9.47 Å².